The highest BCUT2D eigenvalue weighted by molar-refractivity contribution is 6.01. The molecule has 0 saturated heterocycles. The Bertz CT molecular complexity index is 511. The van der Waals surface area contributed by atoms with Gasteiger partial charge in [0, 0.05) is 19.3 Å². The summed E-state index contributed by atoms with van der Waals surface area (Å²) in [7, 11) is 0. The average molecular weight is 376 g/mol. The summed E-state index contributed by atoms with van der Waals surface area (Å²) in [5.74, 6) is -4.61. The number of carboxylic acids is 1. The molecule has 0 aromatic rings. The molecule has 0 spiro atoms. The fourth-order valence-electron chi connectivity index (χ4n) is 1.75. The van der Waals surface area contributed by atoms with Crippen LogP contribution in [0.2, 0.25) is 0 Å². The van der Waals surface area contributed by atoms with Crippen LogP contribution in [-0.2, 0) is 28.7 Å². The van der Waals surface area contributed by atoms with Crippen molar-refractivity contribution in [3.63, 3.8) is 0 Å². The van der Waals surface area contributed by atoms with Gasteiger partial charge < -0.3 is 29.9 Å². The van der Waals surface area contributed by atoms with Gasteiger partial charge in [0.15, 0.2) is 0 Å². The molecule has 0 rings (SSSR count). The molecule has 0 aliphatic carbocycles. The van der Waals surface area contributed by atoms with Crippen molar-refractivity contribution in [3.8, 4) is 0 Å². The molecule has 1 unspecified atom stereocenters. The molecular formula is C16H24O10. The van der Waals surface area contributed by atoms with Crippen molar-refractivity contribution < 1.29 is 49.1 Å². The maximum absolute atomic E-state index is 11.8. The van der Waals surface area contributed by atoms with Gasteiger partial charge in [-0.15, -0.1) is 0 Å². The molecule has 0 aromatic heterocycles. The van der Waals surface area contributed by atoms with Gasteiger partial charge in [0.25, 0.3) is 0 Å². The van der Waals surface area contributed by atoms with Crippen LogP contribution >= 0.6 is 0 Å². The quantitative estimate of drug-likeness (QED) is 0.139. The van der Waals surface area contributed by atoms with Gasteiger partial charge in [0.1, 0.15) is 0 Å². The lowest BCUT2D eigenvalue weighted by molar-refractivity contribution is -0.160. The molecule has 26 heavy (non-hydrogen) atoms. The largest absolute Gasteiger partial charge is 0.478 e. The van der Waals surface area contributed by atoms with Crippen LogP contribution in [0.1, 0.15) is 38.5 Å². The van der Waals surface area contributed by atoms with Crippen LogP contribution in [0.25, 0.3) is 0 Å². The molecule has 10 nitrogen and oxygen atoms in total. The minimum Gasteiger partial charge on any atom is -0.478 e. The van der Waals surface area contributed by atoms with E-state index < -0.39 is 42.0 Å². The predicted octanol–water partition coefficient (Wildman–Crippen LogP) is -0.704. The van der Waals surface area contributed by atoms with Gasteiger partial charge in [-0.1, -0.05) is 0 Å². The van der Waals surface area contributed by atoms with Crippen LogP contribution in [-0.4, -0.2) is 70.2 Å². The topological polar surface area (TPSA) is 168 Å². The van der Waals surface area contributed by atoms with Crippen molar-refractivity contribution in [3.05, 3.63) is 11.6 Å². The Hall–Kier alpha value is -2.30. The third kappa shape index (κ3) is 11.3. The number of carbonyl (C=O) groups excluding carboxylic acids is 3. The number of ether oxygens (including phenoxy) is 2. The van der Waals surface area contributed by atoms with E-state index in [9.17, 15) is 24.3 Å². The Labute approximate surface area is 150 Å². The number of unbranched alkanes of at least 4 members (excludes halogenated alkanes) is 1. The summed E-state index contributed by atoms with van der Waals surface area (Å²) >= 11 is 0. The zero-order valence-corrected chi connectivity index (χ0v) is 14.3. The molecule has 0 radical (unpaired) electrons. The van der Waals surface area contributed by atoms with Gasteiger partial charge in [0.2, 0.25) is 0 Å². The van der Waals surface area contributed by atoms with Crippen molar-refractivity contribution in [2.45, 2.75) is 44.6 Å². The van der Waals surface area contributed by atoms with Crippen LogP contribution in [0.3, 0.4) is 0 Å². The van der Waals surface area contributed by atoms with Gasteiger partial charge in [-0.05, 0) is 25.7 Å². The van der Waals surface area contributed by atoms with Gasteiger partial charge in [-0.25, -0.2) is 9.59 Å². The van der Waals surface area contributed by atoms with E-state index in [1.54, 1.807) is 0 Å². The van der Waals surface area contributed by atoms with E-state index in [1.165, 1.54) is 0 Å². The van der Waals surface area contributed by atoms with E-state index in [4.69, 9.17) is 20.1 Å². The predicted molar refractivity (Wildman–Crippen MR) is 85.7 cm³/mol. The number of carbonyl (C=O) groups is 4. The molecular weight excluding hydrogens is 352 g/mol. The van der Waals surface area contributed by atoms with E-state index in [-0.39, 0.29) is 39.1 Å². The summed E-state index contributed by atoms with van der Waals surface area (Å²) in [5, 5.41) is 35.8. The molecule has 0 saturated carbocycles. The zero-order chi connectivity index (χ0) is 19.9. The van der Waals surface area contributed by atoms with Gasteiger partial charge >= 0.3 is 23.9 Å². The zero-order valence-electron chi connectivity index (χ0n) is 14.3. The Balaban J connectivity index is 4.48. The Morgan fingerprint density at radius 2 is 1.54 bits per heavy atom. The first-order chi connectivity index (χ1) is 12.3. The number of aliphatic carboxylic acids is 1. The van der Waals surface area contributed by atoms with E-state index in [0.717, 1.165) is 0 Å². The molecule has 0 amide bonds. The highest BCUT2D eigenvalue weighted by atomic mass is 16.6. The monoisotopic (exact) mass is 376 g/mol. The number of rotatable bonds is 13. The lowest BCUT2D eigenvalue weighted by Crippen LogP contribution is -2.24. The fourth-order valence-corrected chi connectivity index (χ4v) is 1.75. The molecule has 0 bridgehead atoms. The second-order valence-corrected chi connectivity index (χ2v) is 5.23. The molecule has 148 valence electrons. The number of aliphatic hydroxyl groups excluding tert-OH is 3. The first-order valence-corrected chi connectivity index (χ1v) is 8.06. The molecule has 0 aliphatic heterocycles. The van der Waals surface area contributed by atoms with E-state index in [0.29, 0.717) is 18.9 Å². The van der Waals surface area contributed by atoms with Crippen LogP contribution in [0.4, 0.5) is 0 Å². The number of carboxylic acid groups (broad SMARTS) is 1. The number of esters is 3. The first-order valence-electron chi connectivity index (χ1n) is 8.06. The van der Waals surface area contributed by atoms with Crippen molar-refractivity contribution in [1.29, 1.82) is 0 Å². The molecule has 10 heteroatoms. The van der Waals surface area contributed by atoms with Gasteiger partial charge in [-0.2, -0.15) is 0 Å². The Morgan fingerprint density at radius 3 is 2.12 bits per heavy atom. The third-order valence-electron chi connectivity index (χ3n) is 3.06. The second-order valence-electron chi connectivity index (χ2n) is 5.23. The maximum Gasteiger partial charge on any atom is 0.344 e. The summed E-state index contributed by atoms with van der Waals surface area (Å²) in [6, 6.07) is 0. The van der Waals surface area contributed by atoms with Crippen molar-refractivity contribution in [1.82, 2.24) is 0 Å². The summed E-state index contributed by atoms with van der Waals surface area (Å²) in [6.07, 6.45) is -0.932. The lowest BCUT2D eigenvalue weighted by atomic mass is 10.0. The standard InChI is InChI=1S/C16H24O10/c17-7-1-2-9-25-14(22)5-6-15(23)26-16(24)11(10-13(20)21)12(19)4-3-8-18/h10,12,17-19H,1-9H2,(H,20,21)/b11-10-. The molecule has 1 atom stereocenters. The lowest BCUT2D eigenvalue weighted by Gasteiger charge is -2.12. The van der Waals surface area contributed by atoms with Crippen LogP contribution in [0, 0.1) is 0 Å². The number of hydrogen-bond acceptors (Lipinski definition) is 9. The maximum atomic E-state index is 11.8. The van der Waals surface area contributed by atoms with Crippen molar-refractivity contribution in [2.75, 3.05) is 19.8 Å². The number of hydrogen-bond donors (Lipinski definition) is 4. The number of aliphatic hydroxyl groups is 3. The molecule has 0 heterocycles. The Kier molecular flexibility index (Phi) is 12.7. The molecule has 4 N–H and O–H groups in total. The van der Waals surface area contributed by atoms with E-state index in [1.807, 2.05) is 0 Å². The van der Waals surface area contributed by atoms with Crippen LogP contribution in [0.5, 0.6) is 0 Å². The second kappa shape index (κ2) is 13.9. The van der Waals surface area contributed by atoms with E-state index >= 15 is 0 Å². The highest BCUT2D eigenvalue weighted by Crippen LogP contribution is 2.12. The molecule has 0 aliphatic rings. The normalized spacial score (nSPS) is 12.3. The highest BCUT2D eigenvalue weighted by Gasteiger charge is 2.24. The van der Waals surface area contributed by atoms with Gasteiger partial charge in [-0.3, -0.25) is 9.59 Å². The summed E-state index contributed by atoms with van der Waals surface area (Å²) < 4.78 is 9.22. The summed E-state index contributed by atoms with van der Waals surface area (Å²) in [4.78, 5) is 45.5. The summed E-state index contributed by atoms with van der Waals surface area (Å²) in [5.41, 5.74) is -0.633. The molecule has 0 aromatic carbocycles. The minimum absolute atomic E-state index is 0.0255. The smallest absolute Gasteiger partial charge is 0.344 e. The third-order valence-corrected chi connectivity index (χ3v) is 3.06. The van der Waals surface area contributed by atoms with Crippen LogP contribution in [0.15, 0.2) is 11.6 Å². The first kappa shape index (κ1) is 23.7. The fraction of sp³-hybridized carbons (Fsp3) is 0.625. The average Bonchev–Trinajstić information content (AvgIpc) is 2.59. The van der Waals surface area contributed by atoms with Crippen molar-refractivity contribution in [2.24, 2.45) is 0 Å². The Morgan fingerprint density at radius 1 is 0.923 bits per heavy atom. The summed E-state index contributed by atoms with van der Waals surface area (Å²) in [6.45, 7) is -0.204. The van der Waals surface area contributed by atoms with Crippen molar-refractivity contribution >= 4 is 23.9 Å². The molecule has 0 fully saturated rings. The van der Waals surface area contributed by atoms with Gasteiger partial charge in [0.05, 0.1) is 31.1 Å². The SMILES string of the molecule is O=C(O)/C=C(\C(=O)OC(=O)CCC(=O)OCCCCO)C(O)CCCO. The van der Waals surface area contributed by atoms with E-state index in [2.05, 4.69) is 4.74 Å². The minimum atomic E-state index is -1.52. The van der Waals surface area contributed by atoms with Crippen LogP contribution < -0.4 is 0 Å².